The molecule has 1 aromatic carbocycles. The molecule has 140 valence electrons. The Morgan fingerprint density at radius 2 is 1.69 bits per heavy atom. The first-order valence-corrected chi connectivity index (χ1v) is 9.81. The van der Waals surface area contributed by atoms with Gasteiger partial charge in [0.15, 0.2) is 0 Å². The van der Waals surface area contributed by atoms with Crippen LogP contribution < -0.4 is 4.74 Å². The van der Waals surface area contributed by atoms with Crippen LogP contribution in [0.5, 0.6) is 5.75 Å². The highest BCUT2D eigenvalue weighted by atomic mass is 16.5. The van der Waals surface area contributed by atoms with Crippen molar-refractivity contribution in [3.8, 4) is 5.75 Å². The predicted molar refractivity (Wildman–Crippen MR) is 109 cm³/mol. The topological polar surface area (TPSA) is 42.4 Å². The Morgan fingerprint density at radius 3 is 2.35 bits per heavy atom. The fourth-order valence-corrected chi connectivity index (χ4v) is 2.90. The van der Waals surface area contributed by atoms with Gasteiger partial charge in [0.2, 0.25) is 0 Å². The zero-order chi connectivity index (χ0) is 18.6. The molecule has 0 bridgehead atoms. The molecule has 0 amide bonds. The molecule has 3 heteroatoms. The van der Waals surface area contributed by atoms with Crippen LogP contribution in [0.15, 0.2) is 42.6 Å². The van der Waals surface area contributed by atoms with Gasteiger partial charge < -0.3 is 9.84 Å². The lowest BCUT2D eigenvalue weighted by Gasteiger charge is -2.05. The number of ether oxygens (including phenoxy) is 1. The van der Waals surface area contributed by atoms with Gasteiger partial charge in [-0.3, -0.25) is 4.98 Å². The van der Waals surface area contributed by atoms with E-state index in [0.717, 1.165) is 17.7 Å². The van der Waals surface area contributed by atoms with Crippen LogP contribution >= 0.6 is 0 Å². The highest BCUT2D eigenvalue weighted by molar-refractivity contribution is 5.75. The van der Waals surface area contributed by atoms with Gasteiger partial charge in [-0.25, -0.2) is 0 Å². The zero-order valence-electron chi connectivity index (χ0n) is 16.1. The smallest absolute Gasteiger partial charge is 0.137 e. The number of nitrogens with zero attached hydrogens (tertiary/aromatic N) is 1. The van der Waals surface area contributed by atoms with Crippen LogP contribution in [0.1, 0.15) is 69.2 Å². The lowest BCUT2D eigenvalue weighted by Crippen LogP contribution is -1.93. The molecule has 1 N–H and O–H groups in total. The molecule has 0 fully saturated rings. The van der Waals surface area contributed by atoms with Gasteiger partial charge in [0.05, 0.1) is 18.5 Å². The molecule has 0 spiro atoms. The molecular weight excluding hydrogens is 322 g/mol. The molecule has 0 aliphatic carbocycles. The summed E-state index contributed by atoms with van der Waals surface area (Å²) in [5.41, 5.74) is 2.85. The molecule has 1 aromatic heterocycles. The minimum absolute atomic E-state index is 0.229. The van der Waals surface area contributed by atoms with Crippen LogP contribution in [0.3, 0.4) is 0 Å². The number of pyridine rings is 1. The number of unbranched alkanes of at least 4 members (excludes halogenated alkanes) is 5. The van der Waals surface area contributed by atoms with E-state index < -0.39 is 0 Å². The Morgan fingerprint density at radius 1 is 0.962 bits per heavy atom. The molecule has 0 saturated carbocycles. The fourth-order valence-electron chi connectivity index (χ4n) is 2.90. The van der Waals surface area contributed by atoms with Gasteiger partial charge in [-0.15, -0.1) is 0 Å². The molecule has 0 aliphatic rings. The molecule has 0 unspecified atom stereocenters. The summed E-state index contributed by atoms with van der Waals surface area (Å²) in [5, 5.41) is 10.3. The van der Waals surface area contributed by atoms with E-state index in [1.54, 1.807) is 12.3 Å². The number of hydrogen-bond acceptors (Lipinski definition) is 3. The summed E-state index contributed by atoms with van der Waals surface area (Å²) in [6.07, 6.45) is 12.3. The van der Waals surface area contributed by atoms with Gasteiger partial charge >= 0.3 is 0 Å². The number of aliphatic hydroxyl groups excluding tert-OH is 1. The lowest BCUT2D eigenvalue weighted by molar-refractivity contribution is 0.339. The highest BCUT2D eigenvalue weighted by Crippen LogP contribution is 2.18. The minimum Gasteiger partial charge on any atom is -0.507 e. The van der Waals surface area contributed by atoms with Gasteiger partial charge in [-0.05, 0) is 37.5 Å². The Balaban J connectivity index is 1.86. The summed E-state index contributed by atoms with van der Waals surface area (Å²) in [5.74, 6) is 0.968. The van der Waals surface area contributed by atoms with Crippen molar-refractivity contribution in [1.82, 2.24) is 4.98 Å². The Kier molecular flexibility index (Phi) is 8.74. The van der Waals surface area contributed by atoms with Crippen molar-refractivity contribution in [2.75, 3.05) is 6.61 Å². The van der Waals surface area contributed by atoms with Crippen LogP contribution in [0.2, 0.25) is 0 Å². The molecule has 2 aromatic rings. The monoisotopic (exact) mass is 353 g/mol. The fraction of sp³-hybridized carbons (Fsp3) is 0.435. The summed E-state index contributed by atoms with van der Waals surface area (Å²) in [6, 6.07) is 11.9. The predicted octanol–water partition coefficient (Wildman–Crippen LogP) is 6.44. The van der Waals surface area contributed by atoms with Crippen molar-refractivity contribution < 1.29 is 9.84 Å². The molecule has 2 rings (SSSR count). The molecular formula is C23H31NO2. The Hall–Kier alpha value is -2.29. The molecule has 3 nitrogen and oxygen atoms in total. The summed E-state index contributed by atoms with van der Waals surface area (Å²) in [6.45, 7) is 4.81. The first kappa shape index (κ1) is 20.0. The number of rotatable bonds is 11. The van der Waals surface area contributed by atoms with E-state index >= 15 is 0 Å². The van der Waals surface area contributed by atoms with E-state index in [2.05, 4.69) is 24.0 Å². The van der Waals surface area contributed by atoms with E-state index in [9.17, 15) is 5.11 Å². The Bertz CT molecular complexity index is 660. The second kappa shape index (κ2) is 11.3. The number of hydrogen-bond donors (Lipinski definition) is 1. The SMILES string of the molecule is CCCCCCCCc1ccc(/C(O)=C\c2ccc(OCC)cn2)cc1. The Labute approximate surface area is 157 Å². The average Bonchev–Trinajstić information content (AvgIpc) is 2.67. The van der Waals surface area contributed by atoms with Gasteiger partial charge in [0.25, 0.3) is 0 Å². The number of aliphatic hydroxyl groups is 1. The van der Waals surface area contributed by atoms with E-state index in [1.807, 2.05) is 31.2 Å². The first-order chi connectivity index (χ1) is 12.7. The third-order valence-electron chi connectivity index (χ3n) is 4.42. The number of aryl methyl sites for hydroxylation is 1. The van der Waals surface area contributed by atoms with Crippen molar-refractivity contribution in [2.45, 2.75) is 58.8 Å². The van der Waals surface area contributed by atoms with E-state index in [4.69, 9.17) is 4.74 Å². The van der Waals surface area contributed by atoms with Crippen LogP contribution in [-0.2, 0) is 6.42 Å². The molecule has 26 heavy (non-hydrogen) atoms. The van der Waals surface area contributed by atoms with Gasteiger partial charge in [-0.1, -0.05) is 63.3 Å². The van der Waals surface area contributed by atoms with Crippen molar-refractivity contribution in [3.05, 3.63) is 59.4 Å². The standard InChI is InChI=1S/C23H31NO2/c1-3-5-6-7-8-9-10-19-11-13-20(14-12-19)23(25)17-21-15-16-22(18-24-21)26-4-2/h11-18,25H,3-10H2,1-2H3/b23-17+. The van der Waals surface area contributed by atoms with Crippen molar-refractivity contribution in [3.63, 3.8) is 0 Å². The van der Waals surface area contributed by atoms with Gasteiger partial charge in [0.1, 0.15) is 11.5 Å². The number of benzene rings is 1. The average molecular weight is 354 g/mol. The maximum absolute atomic E-state index is 10.3. The molecule has 0 aliphatic heterocycles. The molecule has 0 saturated heterocycles. The van der Waals surface area contributed by atoms with Crippen LogP contribution in [0, 0.1) is 0 Å². The quantitative estimate of drug-likeness (QED) is 0.373. The molecule has 0 radical (unpaired) electrons. The summed E-state index contributed by atoms with van der Waals surface area (Å²) >= 11 is 0. The van der Waals surface area contributed by atoms with E-state index in [-0.39, 0.29) is 5.76 Å². The third kappa shape index (κ3) is 6.91. The van der Waals surface area contributed by atoms with Crippen LogP contribution in [-0.4, -0.2) is 16.7 Å². The van der Waals surface area contributed by atoms with Crippen LogP contribution in [0.4, 0.5) is 0 Å². The van der Waals surface area contributed by atoms with E-state index in [1.165, 1.54) is 44.1 Å². The van der Waals surface area contributed by atoms with Crippen molar-refractivity contribution >= 4 is 11.8 Å². The minimum atomic E-state index is 0.229. The third-order valence-corrected chi connectivity index (χ3v) is 4.42. The van der Waals surface area contributed by atoms with Gasteiger partial charge in [0, 0.05) is 11.6 Å². The molecule has 0 atom stereocenters. The maximum atomic E-state index is 10.3. The largest absolute Gasteiger partial charge is 0.507 e. The van der Waals surface area contributed by atoms with Crippen LogP contribution in [0.25, 0.3) is 11.8 Å². The maximum Gasteiger partial charge on any atom is 0.137 e. The van der Waals surface area contributed by atoms with Crippen molar-refractivity contribution in [1.29, 1.82) is 0 Å². The lowest BCUT2D eigenvalue weighted by atomic mass is 10.0. The molecule has 1 heterocycles. The highest BCUT2D eigenvalue weighted by Gasteiger charge is 2.02. The second-order valence-corrected chi connectivity index (χ2v) is 6.60. The summed E-state index contributed by atoms with van der Waals surface area (Å²) < 4.78 is 5.38. The summed E-state index contributed by atoms with van der Waals surface area (Å²) in [4.78, 5) is 4.29. The van der Waals surface area contributed by atoms with E-state index in [0.29, 0.717) is 12.3 Å². The van der Waals surface area contributed by atoms with Gasteiger partial charge in [-0.2, -0.15) is 0 Å². The zero-order valence-corrected chi connectivity index (χ0v) is 16.1. The van der Waals surface area contributed by atoms with Crippen molar-refractivity contribution in [2.24, 2.45) is 0 Å². The number of aromatic nitrogens is 1. The second-order valence-electron chi connectivity index (χ2n) is 6.60. The normalized spacial score (nSPS) is 11.5. The first-order valence-electron chi connectivity index (χ1n) is 9.81. The summed E-state index contributed by atoms with van der Waals surface area (Å²) in [7, 11) is 0.